The first-order valence-corrected chi connectivity index (χ1v) is 7.21. The second-order valence-electron chi connectivity index (χ2n) is 4.46. The Labute approximate surface area is 134 Å². The molecule has 1 atom stereocenters. The zero-order valence-electron chi connectivity index (χ0n) is 10.9. The normalized spacial score (nSPS) is 12.0. The van der Waals surface area contributed by atoms with E-state index in [1.807, 2.05) is 6.92 Å². The Kier molecular flexibility index (Phi) is 4.80. The predicted octanol–water partition coefficient (Wildman–Crippen LogP) is 5.32. The molecule has 0 bridgehead atoms. The minimum atomic E-state index is -0.468. The average Bonchev–Trinajstić information content (AvgIpc) is 2.43. The van der Waals surface area contributed by atoms with Gasteiger partial charge in [0.25, 0.3) is 5.69 Å². The van der Waals surface area contributed by atoms with Crippen molar-refractivity contribution in [3.63, 3.8) is 0 Å². The average molecular weight is 374 g/mol. The molecule has 2 aromatic carbocycles. The highest BCUT2D eigenvalue weighted by atomic mass is 79.9. The maximum absolute atomic E-state index is 13.1. The molecular formula is C14H11BrClFN2O2. The molecular weight excluding hydrogens is 363 g/mol. The predicted molar refractivity (Wildman–Crippen MR) is 84.2 cm³/mol. The SMILES string of the molecule is CC(Nc1ccc([N+](=O)[O-])cc1Br)c1ccc(F)c(Cl)c1. The van der Waals surface area contributed by atoms with Crippen LogP contribution in [0, 0.1) is 15.9 Å². The highest BCUT2D eigenvalue weighted by Crippen LogP contribution is 2.30. The van der Waals surface area contributed by atoms with Crippen LogP contribution in [0.2, 0.25) is 5.02 Å². The molecule has 110 valence electrons. The Morgan fingerprint density at radius 2 is 2.05 bits per heavy atom. The summed E-state index contributed by atoms with van der Waals surface area (Å²) in [6.07, 6.45) is 0. The van der Waals surface area contributed by atoms with E-state index in [4.69, 9.17) is 11.6 Å². The third-order valence-electron chi connectivity index (χ3n) is 2.98. The van der Waals surface area contributed by atoms with E-state index in [9.17, 15) is 14.5 Å². The Hall–Kier alpha value is -1.66. The van der Waals surface area contributed by atoms with Gasteiger partial charge in [-0.2, -0.15) is 0 Å². The smallest absolute Gasteiger partial charge is 0.270 e. The number of nitrogens with zero attached hydrogens (tertiary/aromatic N) is 1. The molecule has 0 heterocycles. The molecule has 0 aliphatic heterocycles. The topological polar surface area (TPSA) is 55.2 Å². The highest BCUT2D eigenvalue weighted by Gasteiger charge is 2.13. The van der Waals surface area contributed by atoms with Crippen molar-refractivity contribution in [1.29, 1.82) is 0 Å². The van der Waals surface area contributed by atoms with E-state index in [0.29, 0.717) is 10.2 Å². The number of benzene rings is 2. The molecule has 0 aromatic heterocycles. The molecule has 1 N–H and O–H groups in total. The first-order valence-electron chi connectivity index (χ1n) is 6.04. The molecule has 0 amide bonds. The summed E-state index contributed by atoms with van der Waals surface area (Å²) >= 11 is 9.05. The second-order valence-corrected chi connectivity index (χ2v) is 5.72. The van der Waals surface area contributed by atoms with Crippen LogP contribution in [0.15, 0.2) is 40.9 Å². The van der Waals surface area contributed by atoms with Crippen LogP contribution < -0.4 is 5.32 Å². The Balaban J connectivity index is 2.21. The van der Waals surface area contributed by atoms with Crippen LogP contribution in [0.4, 0.5) is 15.8 Å². The fourth-order valence-electron chi connectivity index (χ4n) is 1.83. The number of nitro benzene ring substituents is 1. The van der Waals surface area contributed by atoms with Gasteiger partial charge in [-0.1, -0.05) is 17.7 Å². The van der Waals surface area contributed by atoms with Crippen molar-refractivity contribution in [2.45, 2.75) is 13.0 Å². The van der Waals surface area contributed by atoms with Gasteiger partial charge in [0.2, 0.25) is 0 Å². The third-order valence-corrected chi connectivity index (χ3v) is 3.92. The van der Waals surface area contributed by atoms with Crippen LogP contribution in [0.5, 0.6) is 0 Å². The van der Waals surface area contributed by atoms with Gasteiger partial charge in [-0.25, -0.2) is 4.39 Å². The van der Waals surface area contributed by atoms with E-state index in [1.54, 1.807) is 18.2 Å². The van der Waals surface area contributed by atoms with Crippen molar-refractivity contribution in [2.24, 2.45) is 0 Å². The number of non-ortho nitro benzene ring substituents is 1. The molecule has 0 saturated heterocycles. The van der Waals surface area contributed by atoms with Crippen LogP contribution in [-0.4, -0.2) is 4.92 Å². The number of anilines is 1. The number of hydrogen-bond donors (Lipinski definition) is 1. The quantitative estimate of drug-likeness (QED) is 0.582. The van der Waals surface area contributed by atoms with Gasteiger partial charge >= 0.3 is 0 Å². The maximum Gasteiger partial charge on any atom is 0.270 e. The summed E-state index contributed by atoms with van der Waals surface area (Å²) in [5.41, 5.74) is 1.52. The van der Waals surface area contributed by atoms with Gasteiger partial charge in [0.05, 0.1) is 9.95 Å². The lowest BCUT2D eigenvalue weighted by Gasteiger charge is -2.17. The van der Waals surface area contributed by atoms with Crippen molar-refractivity contribution < 1.29 is 9.31 Å². The fraction of sp³-hybridized carbons (Fsp3) is 0.143. The molecule has 21 heavy (non-hydrogen) atoms. The van der Waals surface area contributed by atoms with Gasteiger partial charge < -0.3 is 5.32 Å². The van der Waals surface area contributed by atoms with E-state index in [0.717, 1.165) is 5.56 Å². The molecule has 1 unspecified atom stereocenters. The molecule has 7 heteroatoms. The lowest BCUT2D eigenvalue weighted by Crippen LogP contribution is -2.07. The fourth-order valence-corrected chi connectivity index (χ4v) is 2.50. The minimum Gasteiger partial charge on any atom is -0.378 e. The van der Waals surface area contributed by atoms with Crippen molar-refractivity contribution in [3.05, 3.63) is 67.4 Å². The molecule has 0 radical (unpaired) electrons. The molecule has 0 aliphatic carbocycles. The molecule has 0 fully saturated rings. The van der Waals surface area contributed by atoms with Gasteiger partial charge in [-0.3, -0.25) is 10.1 Å². The molecule has 2 rings (SSSR count). The minimum absolute atomic E-state index is 0.00454. The summed E-state index contributed by atoms with van der Waals surface area (Å²) in [5.74, 6) is -0.468. The van der Waals surface area contributed by atoms with Crippen LogP contribution in [-0.2, 0) is 0 Å². The first-order chi connectivity index (χ1) is 9.88. The van der Waals surface area contributed by atoms with Gasteiger partial charge in [0, 0.05) is 28.3 Å². The van der Waals surface area contributed by atoms with Gasteiger partial charge in [0.15, 0.2) is 0 Å². The third kappa shape index (κ3) is 3.71. The van der Waals surface area contributed by atoms with E-state index in [2.05, 4.69) is 21.2 Å². The van der Waals surface area contributed by atoms with Gasteiger partial charge in [-0.05, 0) is 46.6 Å². The van der Waals surface area contributed by atoms with Gasteiger partial charge in [0.1, 0.15) is 5.82 Å². The number of nitrogens with one attached hydrogen (secondary N) is 1. The van der Waals surface area contributed by atoms with Crippen LogP contribution >= 0.6 is 27.5 Å². The zero-order valence-corrected chi connectivity index (χ0v) is 13.3. The van der Waals surface area contributed by atoms with Crippen molar-refractivity contribution in [3.8, 4) is 0 Å². The first kappa shape index (κ1) is 15.7. The van der Waals surface area contributed by atoms with Crippen molar-refractivity contribution in [1.82, 2.24) is 0 Å². The lowest BCUT2D eigenvalue weighted by molar-refractivity contribution is -0.384. The standard InChI is InChI=1S/C14H11BrClFN2O2/c1-8(9-2-4-13(17)12(16)6-9)18-14-5-3-10(19(20)21)7-11(14)15/h2-8,18H,1H3. The molecule has 0 spiro atoms. The summed E-state index contributed by atoms with van der Waals surface area (Å²) in [6, 6.07) is 8.81. The molecule has 0 saturated carbocycles. The molecule has 0 aliphatic rings. The van der Waals surface area contributed by atoms with Crippen LogP contribution in [0.25, 0.3) is 0 Å². The van der Waals surface area contributed by atoms with Crippen LogP contribution in [0.1, 0.15) is 18.5 Å². The second kappa shape index (κ2) is 6.41. The molecule has 2 aromatic rings. The summed E-state index contributed by atoms with van der Waals surface area (Å²) in [7, 11) is 0. The maximum atomic E-state index is 13.1. The highest BCUT2D eigenvalue weighted by molar-refractivity contribution is 9.10. The van der Waals surface area contributed by atoms with Crippen molar-refractivity contribution in [2.75, 3.05) is 5.32 Å². The largest absolute Gasteiger partial charge is 0.378 e. The monoisotopic (exact) mass is 372 g/mol. The summed E-state index contributed by atoms with van der Waals surface area (Å²) < 4.78 is 13.7. The number of hydrogen-bond acceptors (Lipinski definition) is 3. The van der Waals surface area contributed by atoms with Gasteiger partial charge in [-0.15, -0.1) is 0 Å². The summed E-state index contributed by atoms with van der Waals surface area (Å²) in [5, 5.41) is 13.9. The van der Waals surface area contributed by atoms with Crippen LogP contribution in [0.3, 0.4) is 0 Å². The number of nitro groups is 1. The number of rotatable bonds is 4. The molecule has 4 nitrogen and oxygen atoms in total. The van der Waals surface area contributed by atoms with E-state index < -0.39 is 10.7 Å². The van der Waals surface area contributed by atoms with E-state index >= 15 is 0 Å². The van der Waals surface area contributed by atoms with Crippen molar-refractivity contribution >= 4 is 38.9 Å². The zero-order chi connectivity index (χ0) is 15.6. The Morgan fingerprint density at radius 3 is 2.62 bits per heavy atom. The number of halogens is 3. The summed E-state index contributed by atoms with van der Waals surface area (Å²) in [6.45, 7) is 1.89. The Bertz CT molecular complexity index is 697. The summed E-state index contributed by atoms with van der Waals surface area (Å²) in [4.78, 5) is 10.2. The van der Waals surface area contributed by atoms with E-state index in [-0.39, 0.29) is 16.8 Å². The van der Waals surface area contributed by atoms with E-state index in [1.165, 1.54) is 18.2 Å². The Morgan fingerprint density at radius 1 is 1.33 bits per heavy atom. The lowest BCUT2D eigenvalue weighted by atomic mass is 10.1.